The molecule has 12 heavy (non-hydrogen) atoms. The minimum absolute atomic E-state index is 0.251. The zero-order chi connectivity index (χ0) is 8.44. The molecular weight excluding hydrogens is 150 g/mol. The molecule has 1 saturated heterocycles. The zero-order valence-electron chi connectivity index (χ0n) is 7.59. The summed E-state index contributed by atoms with van der Waals surface area (Å²) in [5.74, 6) is 0. The van der Waals surface area contributed by atoms with Gasteiger partial charge < -0.3 is 4.74 Å². The van der Waals surface area contributed by atoms with Crippen molar-refractivity contribution in [3.8, 4) is 0 Å². The van der Waals surface area contributed by atoms with Gasteiger partial charge in [0.2, 0.25) is 0 Å². The average Bonchev–Trinajstić information content (AvgIpc) is 2.03. The Kier molecular flexibility index (Phi) is 2.20. The van der Waals surface area contributed by atoms with Crippen LogP contribution in [0, 0.1) is 0 Å². The second kappa shape index (κ2) is 3.19. The molecule has 2 nitrogen and oxygen atoms in total. The zero-order valence-corrected chi connectivity index (χ0v) is 7.59. The van der Waals surface area contributed by atoms with E-state index < -0.39 is 0 Å². The van der Waals surface area contributed by atoms with Crippen LogP contribution in [-0.2, 0) is 4.74 Å². The van der Waals surface area contributed by atoms with Gasteiger partial charge in [0.25, 0.3) is 0 Å². The SMILES string of the molecule is C=CCN1CCOC2(CCC2)C1. The largest absolute Gasteiger partial charge is 0.372 e. The molecule has 1 aliphatic heterocycles. The first kappa shape index (κ1) is 8.27. The summed E-state index contributed by atoms with van der Waals surface area (Å²) in [6.07, 6.45) is 5.86. The van der Waals surface area contributed by atoms with Crippen LogP contribution in [0.25, 0.3) is 0 Å². The second-order valence-corrected chi connectivity index (χ2v) is 3.91. The first-order valence-corrected chi connectivity index (χ1v) is 4.82. The van der Waals surface area contributed by atoms with E-state index in [9.17, 15) is 0 Å². The number of nitrogens with zero attached hydrogens (tertiary/aromatic N) is 1. The molecular formula is C10H17NO. The van der Waals surface area contributed by atoms with Gasteiger partial charge in [0, 0.05) is 19.6 Å². The van der Waals surface area contributed by atoms with Crippen LogP contribution in [0.4, 0.5) is 0 Å². The predicted molar refractivity (Wildman–Crippen MR) is 49.2 cm³/mol. The van der Waals surface area contributed by atoms with Crippen LogP contribution in [0.15, 0.2) is 12.7 Å². The van der Waals surface area contributed by atoms with Crippen LogP contribution < -0.4 is 0 Å². The Bertz CT molecular complexity index is 175. The van der Waals surface area contributed by atoms with E-state index in [0.29, 0.717) is 0 Å². The topological polar surface area (TPSA) is 12.5 Å². The monoisotopic (exact) mass is 167 g/mol. The first-order valence-electron chi connectivity index (χ1n) is 4.82. The Balaban J connectivity index is 1.89. The highest BCUT2D eigenvalue weighted by Crippen LogP contribution is 2.37. The highest BCUT2D eigenvalue weighted by Gasteiger charge is 2.41. The lowest BCUT2D eigenvalue weighted by molar-refractivity contribution is -0.149. The van der Waals surface area contributed by atoms with Crippen LogP contribution >= 0.6 is 0 Å². The fourth-order valence-electron chi connectivity index (χ4n) is 2.14. The van der Waals surface area contributed by atoms with Crippen molar-refractivity contribution < 1.29 is 4.74 Å². The lowest BCUT2D eigenvalue weighted by atomic mass is 9.79. The number of hydrogen-bond acceptors (Lipinski definition) is 2. The van der Waals surface area contributed by atoms with Crippen LogP contribution in [0.5, 0.6) is 0 Å². The third kappa shape index (κ3) is 1.41. The fourth-order valence-corrected chi connectivity index (χ4v) is 2.14. The van der Waals surface area contributed by atoms with E-state index in [1.54, 1.807) is 0 Å². The van der Waals surface area contributed by atoms with E-state index in [1.807, 2.05) is 6.08 Å². The predicted octanol–water partition coefficient (Wildman–Crippen LogP) is 1.43. The number of morpholine rings is 1. The molecule has 0 aromatic carbocycles. The third-order valence-electron chi connectivity index (χ3n) is 2.98. The molecule has 1 aliphatic carbocycles. The minimum Gasteiger partial charge on any atom is -0.372 e. The molecule has 0 aromatic heterocycles. The van der Waals surface area contributed by atoms with Crippen molar-refractivity contribution in [3.63, 3.8) is 0 Å². The third-order valence-corrected chi connectivity index (χ3v) is 2.98. The first-order chi connectivity index (χ1) is 5.85. The molecule has 1 spiro atoms. The molecule has 1 heterocycles. The van der Waals surface area contributed by atoms with E-state index in [4.69, 9.17) is 4.74 Å². The molecule has 0 atom stereocenters. The maximum absolute atomic E-state index is 5.80. The smallest absolute Gasteiger partial charge is 0.0809 e. The summed E-state index contributed by atoms with van der Waals surface area (Å²) >= 11 is 0. The van der Waals surface area contributed by atoms with Gasteiger partial charge >= 0.3 is 0 Å². The fraction of sp³-hybridized carbons (Fsp3) is 0.800. The maximum Gasteiger partial charge on any atom is 0.0809 e. The van der Waals surface area contributed by atoms with Crippen LogP contribution in [0.3, 0.4) is 0 Å². The van der Waals surface area contributed by atoms with E-state index in [0.717, 1.165) is 26.2 Å². The molecule has 0 amide bonds. The van der Waals surface area contributed by atoms with Gasteiger partial charge in [0.05, 0.1) is 12.2 Å². The summed E-state index contributed by atoms with van der Waals surface area (Å²) < 4.78 is 5.80. The molecule has 0 radical (unpaired) electrons. The summed E-state index contributed by atoms with van der Waals surface area (Å²) in [6.45, 7) is 7.89. The van der Waals surface area contributed by atoms with Crippen molar-refractivity contribution in [2.45, 2.75) is 24.9 Å². The summed E-state index contributed by atoms with van der Waals surface area (Å²) in [5.41, 5.74) is 0.251. The van der Waals surface area contributed by atoms with E-state index >= 15 is 0 Å². The van der Waals surface area contributed by atoms with Crippen molar-refractivity contribution in [2.75, 3.05) is 26.2 Å². The van der Waals surface area contributed by atoms with Crippen LogP contribution in [0.2, 0.25) is 0 Å². The highest BCUT2D eigenvalue weighted by atomic mass is 16.5. The standard InChI is InChI=1S/C10H17NO/c1-2-6-11-7-8-12-10(9-11)4-3-5-10/h2H,1,3-9H2. The Morgan fingerprint density at radius 2 is 2.33 bits per heavy atom. The van der Waals surface area contributed by atoms with E-state index in [1.165, 1.54) is 19.3 Å². The summed E-state index contributed by atoms with van der Waals surface area (Å²) in [5, 5.41) is 0. The Morgan fingerprint density at radius 1 is 1.50 bits per heavy atom. The molecule has 2 fully saturated rings. The molecule has 0 unspecified atom stereocenters. The number of ether oxygens (including phenoxy) is 1. The second-order valence-electron chi connectivity index (χ2n) is 3.91. The summed E-state index contributed by atoms with van der Waals surface area (Å²) in [4.78, 5) is 2.44. The van der Waals surface area contributed by atoms with Crippen molar-refractivity contribution in [1.29, 1.82) is 0 Å². The minimum atomic E-state index is 0.251. The van der Waals surface area contributed by atoms with Gasteiger partial charge in [-0.25, -0.2) is 0 Å². The van der Waals surface area contributed by atoms with Gasteiger partial charge in [-0.05, 0) is 19.3 Å². The quantitative estimate of drug-likeness (QED) is 0.577. The van der Waals surface area contributed by atoms with E-state index in [2.05, 4.69) is 11.5 Å². The Morgan fingerprint density at radius 3 is 2.92 bits per heavy atom. The van der Waals surface area contributed by atoms with Gasteiger partial charge in [-0.1, -0.05) is 6.08 Å². The molecule has 2 heteroatoms. The number of hydrogen-bond donors (Lipinski definition) is 0. The van der Waals surface area contributed by atoms with Crippen LogP contribution in [-0.4, -0.2) is 36.7 Å². The lowest BCUT2D eigenvalue weighted by Gasteiger charge is -2.48. The maximum atomic E-state index is 5.80. The molecule has 68 valence electrons. The molecule has 0 N–H and O–H groups in total. The van der Waals surface area contributed by atoms with Gasteiger partial charge in [-0.3, -0.25) is 4.90 Å². The van der Waals surface area contributed by atoms with Gasteiger partial charge in [0.1, 0.15) is 0 Å². The van der Waals surface area contributed by atoms with Gasteiger partial charge in [-0.2, -0.15) is 0 Å². The van der Waals surface area contributed by atoms with Crippen molar-refractivity contribution >= 4 is 0 Å². The lowest BCUT2D eigenvalue weighted by Crippen LogP contribution is -2.55. The molecule has 2 aliphatic rings. The number of rotatable bonds is 2. The molecule has 0 aromatic rings. The van der Waals surface area contributed by atoms with Crippen molar-refractivity contribution in [3.05, 3.63) is 12.7 Å². The normalized spacial score (nSPS) is 28.3. The average molecular weight is 167 g/mol. The van der Waals surface area contributed by atoms with Crippen molar-refractivity contribution in [2.24, 2.45) is 0 Å². The highest BCUT2D eigenvalue weighted by molar-refractivity contribution is 4.95. The van der Waals surface area contributed by atoms with Crippen molar-refractivity contribution in [1.82, 2.24) is 4.90 Å². The van der Waals surface area contributed by atoms with E-state index in [-0.39, 0.29) is 5.60 Å². The summed E-state index contributed by atoms with van der Waals surface area (Å²) in [6, 6.07) is 0. The Labute approximate surface area is 74.2 Å². The summed E-state index contributed by atoms with van der Waals surface area (Å²) in [7, 11) is 0. The van der Waals surface area contributed by atoms with Gasteiger partial charge in [0.15, 0.2) is 0 Å². The van der Waals surface area contributed by atoms with Gasteiger partial charge in [-0.15, -0.1) is 6.58 Å². The Hall–Kier alpha value is -0.340. The molecule has 2 rings (SSSR count). The molecule has 1 saturated carbocycles. The molecule has 0 bridgehead atoms. The van der Waals surface area contributed by atoms with Crippen LogP contribution in [0.1, 0.15) is 19.3 Å².